The van der Waals surface area contributed by atoms with Crippen LogP contribution < -0.4 is 5.73 Å². The molecule has 1 rings (SSSR count). The van der Waals surface area contributed by atoms with Crippen LogP contribution in [0.4, 0.5) is 0 Å². The zero-order valence-corrected chi connectivity index (χ0v) is 11.4. The van der Waals surface area contributed by atoms with Gasteiger partial charge in [-0.3, -0.25) is 4.98 Å². The van der Waals surface area contributed by atoms with Gasteiger partial charge in [-0.15, -0.1) is 0 Å². The molecule has 0 aliphatic heterocycles. The lowest BCUT2D eigenvalue weighted by atomic mass is 10.1. The Labute approximate surface area is 104 Å². The lowest BCUT2D eigenvalue weighted by molar-refractivity contribution is -0.00992. The number of aromatic nitrogens is 1. The number of rotatable bonds is 5. The Morgan fingerprint density at radius 1 is 1.35 bits per heavy atom. The third kappa shape index (κ3) is 5.80. The summed E-state index contributed by atoms with van der Waals surface area (Å²) in [5.74, 6) is 0. The molecular formula is C14H24N2O. The van der Waals surface area contributed by atoms with Crippen LogP contribution in [-0.4, -0.2) is 23.2 Å². The molecule has 3 nitrogen and oxygen atoms in total. The van der Waals surface area contributed by atoms with Crippen LogP contribution in [0.1, 0.15) is 39.0 Å². The number of nitrogens with zero attached hydrogens (tertiary/aromatic N) is 1. The first-order valence-electron chi connectivity index (χ1n) is 6.24. The number of pyridine rings is 1. The van der Waals surface area contributed by atoms with Crippen molar-refractivity contribution in [1.29, 1.82) is 0 Å². The van der Waals surface area contributed by atoms with E-state index in [2.05, 4.69) is 24.0 Å². The molecule has 17 heavy (non-hydrogen) atoms. The van der Waals surface area contributed by atoms with Crippen LogP contribution in [0.25, 0.3) is 0 Å². The van der Waals surface area contributed by atoms with Crippen LogP contribution >= 0.6 is 0 Å². The number of aryl methyl sites for hydroxylation is 1. The Balaban J connectivity index is 2.42. The molecule has 0 spiro atoms. The van der Waals surface area contributed by atoms with E-state index in [0.717, 1.165) is 18.5 Å². The molecule has 0 radical (unpaired) electrons. The highest BCUT2D eigenvalue weighted by Gasteiger charge is 2.13. The van der Waals surface area contributed by atoms with Crippen molar-refractivity contribution in [3.63, 3.8) is 0 Å². The third-order valence-electron chi connectivity index (χ3n) is 2.50. The molecule has 1 aromatic rings. The van der Waals surface area contributed by atoms with E-state index in [4.69, 9.17) is 10.5 Å². The molecule has 0 amide bonds. The van der Waals surface area contributed by atoms with Gasteiger partial charge in [-0.1, -0.05) is 13.0 Å². The van der Waals surface area contributed by atoms with E-state index >= 15 is 0 Å². The van der Waals surface area contributed by atoms with Crippen LogP contribution in [0.15, 0.2) is 18.3 Å². The molecule has 1 aromatic heterocycles. The van der Waals surface area contributed by atoms with E-state index < -0.39 is 0 Å². The van der Waals surface area contributed by atoms with Gasteiger partial charge >= 0.3 is 0 Å². The number of hydrogen-bond acceptors (Lipinski definition) is 3. The quantitative estimate of drug-likeness (QED) is 0.853. The lowest BCUT2D eigenvalue weighted by Gasteiger charge is -2.22. The third-order valence-corrected chi connectivity index (χ3v) is 2.50. The molecule has 96 valence electrons. The van der Waals surface area contributed by atoms with Crippen molar-refractivity contribution in [2.75, 3.05) is 6.61 Å². The normalized spacial score (nSPS) is 13.7. The molecule has 0 fully saturated rings. The van der Waals surface area contributed by atoms with Crippen LogP contribution in [0.5, 0.6) is 0 Å². The second-order valence-electron chi connectivity index (χ2n) is 5.40. The second-order valence-corrected chi connectivity index (χ2v) is 5.40. The monoisotopic (exact) mass is 236 g/mol. The number of nitrogens with two attached hydrogens (primary N) is 1. The molecule has 1 heterocycles. The van der Waals surface area contributed by atoms with Gasteiger partial charge in [-0.25, -0.2) is 0 Å². The molecule has 2 N–H and O–H groups in total. The van der Waals surface area contributed by atoms with Crippen molar-refractivity contribution >= 4 is 0 Å². The first-order chi connectivity index (χ1) is 7.90. The van der Waals surface area contributed by atoms with E-state index in [9.17, 15) is 0 Å². The van der Waals surface area contributed by atoms with Gasteiger partial charge in [0.15, 0.2) is 0 Å². The van der Waals surface area contributed by atoms with Crippen LogP contribution in [0, 0.1) is 0 Å². The van der Waals surface area contributed by atoms with E-state index in [1.807, 2.05) is 27.0 Å². The average Bonchev–Trinajstić information content (AvgIpc) is 2.27. The summed E-state index contributed by atoms with van der Waals surface area (Å²) in [5, 5.41) is 0. The van der Waals surface area contributed by atoms with E-state index in [-0.39, 0.29) is 11.6 Å². The molecule has 0 aliphatic rings. The predicted octanol–water partition coefficient (Wildman–Crippen LogP) is 2.33. The fourth-order valence-electron chi connectivity index (χ4n) is 1.47. The molecule has 0 aromatic carbocycles. The Kier molecular flexibility index (Phi) is 5.09. The molecule has 0 saturated heterocycles. The van der Waals surface area contributed by atoms with Crippen molar-refractivity contribution in [2.24, 2.45) is 5.73 Å². The summed E-state index contributed by atoms with van der Waals surface area (Å²) < 4.78 is 5.66. The van der Waals surface area contributed by atoms with Gasteiger partial charge in [0.1, 0.15) is 0 Å². The SMILES string of the molecule is CCc1ccc(CC(N)COC(C)(C)C)nc1. The second kappa shape index (κ2) is 6.12. The fourth-order valence-corrected chi connectivity index (χ4v) is 1.47. The minimum atomic E-state index is -0.128. The summed E-state index contributed by atoms with van der Waals surface area (Å²) in [5.41, 5.74) is 8.18. The lowest BCUT2D eigenvalue weighted by Crippen LogP contribution is -2.33. The van der Waals surface area contributed by atoms with E-state index in [1.165, 1.54) is 5.56 Å². The van der Waals surface area contributed by atoms with Crippen molar-refractivity contribution < 1.29 is 4.74 Å². The predicted molar refractivity (Wildman–Crippen MR) is 71.0 cm³/mol. The summed E-state index contributed by atoms with van der Waals surface area (Å²) in [6.07, 6.45) is 3.71. The fraction of sp³-hybridized carbons (Fsp3) is 0.643. The highest BCUT2D eigenvalue weighted by atomic mass is 16.5. The van der Waals surface area contributed by atoms with Crippen LogP contribution in [-0.2, 0) is 17.6 Å². The summed E-state index contributed by atoms with van der Waals surface area (Å²) in [6, 6.07) is 4.17. The summed E-state index contributed by atoms with van der Waals surface area (Å²) in [4.78, 5) is 4.40. The molecular weight excluding hydrogens is 212 g/mol. The van der Waals surface area contributed by atoms with Gasteiger partial charge in [-0.05, 0) is 38.8 Å². The Morgan fingerprint density at radius 3 is 2.53 bits per heavy atom. The van der Waals surface area contributed by atoms with Gasteiger partial charge in [-0.2, -0.15) is 0 Å². The molecule has 1 unspecified atom stereocenters. The minimum Gasteiger partial charge on any atom is -0.374 e. The van der Waals surface area contributed by atoms with Crippen molar-refractivity contribution in [3.05, 3.63) is 29.6 Å². The maximum Gasteiger partial charge on any atom is 0.0628 e. The van der Waals surface area contributed by atoms with Gasteiger partial charge in [0.05, 0.1) is 12.2 Å². The smallest absolute Gasteiger partial charge is 0.0628 e. The molecule has 3 heteroatoms. The number of hydrogen-bond donors (Lipinski definition) is 1. The van der Waals surface area contributed by atoms with Crippen molar-refractivity contribution in [2.45, 2.75) is 52.2 Å². The maximum atomic E-state index is 6.02. The zero-order valence-electron chi connectivity index (χ0n) is 11.4. The molecule has 1 atom stereocenters. The topological polar surface area (TPSA) is 48.1 Å². The summed E-state index contributed by atoms with van der Waals surface area (Å²) in [6.45, 7) is 8.80. The molecule has 0 bridgehead atoms. The first-order valence-corrected chi connectivity index (χ1v) is 6.24. The maximum absolute atomic E-state index is 6.02. The highest BCUT2D eigenvalue weighted by Crippen LogP contribution is 2.08. The number of ether oxygens (including phenoxy) is 1. The average molecular weight is 236 g/mol. The molecule has 0 aliphatic carbocycles. The minimum absolute atomic E-state index is 0.00852. The zero-order chi connectivity index (χ0) is 12.9. The summed E-state index contributed by atoms with van der Waals surface area (Å²) >= 11 is 0. The standard InChI is InChI=1S/C14H24N2O/c1-5-11-6-7-13(16-9-11)8-12(15)10-17-14(2,3)4/h6-7,9,12H,5,8,10,15H2,1-4H3. The highest BCUT2D eigenvalue weighted by molar-refractivity contribution is 5.14. The Bertz CT molecular complexity index is 327. The van der Waals surface area contributed by atoms with Gasteiger partial charge in [0.2, 0.25) is 0 Å². The van der Waals surface area contributed by atoms with E-state index in [1.54, 1.807) is 0 Å². The summed E-state index contributed by atoms with van der Waals surface area (Å²) in [7, 11) is 0. The van der Waals surface area contributed by atoms with Crippen LogP contribution in [0.2, 0.25) is 0 Å². The van der Waals surface area contributed by atoms with E-state index in [0.29, 0.717) is 6.61 Å². The van der Waals surface area contributed by atoms with Crippen molar-refractivity contribution in [3.8, 4) is 0 Å². The van der Waals surface area contributed by atoms with Crippen LogP contribution in [0.3, 0.4) is 0 Å². The van der Waals surface area contributed by atoms with Gasteiger partial charge in [0, 0.05) is 24.4 Å². The molecule has 0 saturated carbocycles. The Hall–Kier alpha value is -0.930. The van der Waals surface area contributed by atoms with Gasteiger partial charge < -0.3 is 10.5 Å². The van der Waals surface area contributed by atoms with Gasteiger partial charge in [0.25, 0.3) is 0 Å². The Morgan fingerprint density at radius 2 is 2.06 bits per heavy atom. The van der Waals surface area contributed by atoms with Crippen molar-refractivity contribution in [1.82, 2.24) is 4.98 Å². The first kappa shape index (κ1) is 14.1. The largest absolute Gasteiger partial charge is 0.374 e.